The number of benzene rings is 1. The molecule has 0 spiro atoms. The summed E-state index contributed by atoms with van der Waals surface area (Å²) in [5.74, 6) is 1.87. The molecule has 3 rings (SSSR count). The highest BCUT2D eigenvalue weighted by Gasteiger charge is 2.09. The lowest BCUT2D eigenvalue weighted by molar-refractivity contribution is 0.348. The molecule has 0 atom stereocenters. The molecule has 0 radical (unpaired) electrons. The van der Waals surface area contributed by atoms with E-state index < -0.39 is 0 Å². The fourth-order valence-electron chi connectivity index (χ4n) is 2.15. The molecular weight excluding hydrogens is 322 g/mol. The van der Waals surface area contributed by atoms with Crippen molar-refractivity contribution in [3.63, 3.8) is 0 Å². The Hall–Kier alpha value is -3.35. The molecule has 1 aromatic carbocycles. The maximum atomic E-state index is 5.74. The number of hydrogen-bond donors (Lipinski definition) is 0. The summed E-state index contributed by atoms with van der Waals surface area (Å²) in [7, 11) is 4.62. The zero-order chi connectivity index (χ0) is 17.6. The van der Waals surface area contributed by atoms with Gasteiger partial charge in [-0.2, -0.15) is 9.97 Å². The maximum Gasteiger partial charge on any atom is 0.328 e. The molecule has 2 heterocycles. The summed E-state index contributed by atoms with van der Waals surface area (Å²) < 4.78 is 21.1. The second-order valence-corrected chi connectivity index (χ2v) is 4.95. The van der Waals surface area contributed by atoms with Gasteiger partial charge in [-0.05, 0) is 23.8 Å². The monoisotopic (exact) mass is 339 g/mol. The second kappa shape index (κ2) is 7.48. The van der Waals surface area contributed by atoms with Crippen LogP contribution in [0.2, 0.25) is 0 Å². The summed E-state index contributed by atoms with van der Waals surface area (Å²) >= 11 is 0. The van der Waals surface area contributed by atoms with Crippen molar-refractivity contribution in [2.24, 2.45) is 0 Å². The molecule has 3 aromatic rings. The van der Waals surface area contributed by atoms with Crippen molar-refractivity contribution in [3.8, 4) is 40.5 Å². The van der Waals surface area contributed by atoms with Crippen LogP contribution in [-0.4, -0.2) is 36.3 Å². The van der Waals surface area contributed by atoms with E-state index in [1.807, 2.05) is 30.3 Å². The molecule has 2 aromatic heterocycles. The van der Waals surface area contributed by atoms with Gasteiger partial charge in [-0.15, -0.1) is 0 Å². The largest absolute Gasteiger partial charge is 0.481 e. The van der Waals surface area contributed by atoms with Gasteiger partial charge in [0, 0.05) is 17.8 Å². The molecule has 0 saturated carbocycles. The molecule has 0 bridgehead atoms. The van der Waals surface area contributed by atoms with Gasteiger partial charge in [-0.1, -0.05) is 12.1 Å². The number of aromatic nitrogens is 3. The molecule has 0 saturated heterocycles. The topological polar surface area (TPSA) is 75.6 Å². The Morgan fingerprint density at radius 1 is 0.720 bits per heavy atom. The van der Waals surface area contributed by atoms with Crippen molar-refractivity contribution in [1.29, 1.82) is 0 Å². The SMILES string of the molecule is COc1ccc(-c2cccc(Oc3nc(OC)cc(OC)n3)c2)cn1. The first-order chi connectivity index (χ1) is 12.2. The Kier molecular flexibility index (Phi) is 4.94. The van der Waals surface area contributed by atoms with Crippen LogP contribution in [0.15, 0.2) is 48.7 Å². The first kappa shape index (κ1) is 16.5. The van der Waals surface area contributed by atoms with Gasteiger partial charge in [-0.3, -0.25) is 0 Å². The first-order valence-electron chi connectivity index (χ1n) is 7.47. The van der Waals surface area contributed by atoms with Crippen molar-refractivity contribution in [3.05, 3.63) is 48.7 Å². The molecule has 0 aliphatic carbocycles. The summed E-state index contributed by atoms with van der Waals surface area (Å²) in [6.45, 7) is 0. The van der Waals surface area contributed by atoms with Crippen molar-refractivity contribution in [2.45, 2.75) is 0 Å². The summed E-state index contributed by atoms with van der Waals surface area (Å²) in [6.07, 6.45) is 1.74. The van der Waals surface area contributed by atoms with E-state index in [0.29, 0.717) is 23.4 Å². The first-order valence-corrected chi connectivity index (χ1v) is 7.47. The fraction of sp³-hybridized carbons (Fsp3) is 0.167. The maximum absolute atomic E-state index is 5.74. The molecule has 0 unspecified atom stereocenters. The Morgan fingerprint density at radius 3 is 2.04 bits per heavy atom. The lowest BCUT2D eigenvalue weighted by atomic mass is 10.1. The van der Waals surface area contributed by atoms with Crippen LogP contribution in [0.1, 0.15) is 0 Å². The van der Waals surface area contributed by atoms with Crippen molar-refractivity contribution >= 4 is 0 Å². The van der Waals surface area contributed by atoms with E-state index in [4.69, 9.17) is 18.9 Å². The minimum Gasteiger partial charge on any atom is -0.481 e. The molecule has 0 N–H and O–H groups in total. The van der Waals surface area contributed by atoms with Crippen LogP contribution in [0.25, 0.3) is 11.1 Å². The third kappa shape index (κ3) is 3.95. The molecule has 25 heavy (non-hydrogen) atoms. The highest BCUT2D eigenvalue weighted by molar-refractivity contribution is 5.64. The van der Waals surface area contributed by atoms with E-state index >= 15 is 0 Å². The second-order valence-electron chi connectivity index (χ2n) is 4.95. The van der Waals surface area contributed by atoms with Crippen LogP contribution in [0.4, 0.5) is 0 Å². The zero-order valence-electron chi connectivity index (χ0n) is 14.1. The summed E-state index contributed by atoms with van der Waals surface area (Å²) in [6, 6.07) is 13.0. The molecule has 0 amide bonds. The molecule has 7 nitrogen and oxygen atoms in total. The highest BCUT2D eigenvalue weighted by atomic mass is 16.5. The van der Waals surface area contributed by atoms with Crippen LogP contribution in [0, 0.1) is 0 Å². The molecule has 128 valence electrons. The van der Waals surface area contributed by atoms with Gasteiger partial charge in [0.05, 0.1) is 27.4 Å². The summed E-state index contributed by atoms with van der Waals surface area (Å²) in [5, 5.41) is 0. The van der Waals surface area contributed by atoms with E-state index in [2.05, 4.69) is 15.0 Å². The van der Waals surface area contributed by atoms with Gasteiger partial charge in [0.15, 0.2) is 0 Å². The van der Waals surface area contributed by atoms with Crippen LogP contribution < -0.4 is 18.9 Å². The van der Waals surface area contributed by atoms with Gasteiger partial charge in [0.2, 0.25) is 17.6 Å². The predicted molar refractivity (Wildman–Crippen MR) is 91.4 cm³/mol. The standard InChI is InChI=1S/C18H17N3O4/c1-22-15-8-7-13(11-19-15)12-5-4-6-14(9-12)25-18-20-16(23-2)10-17(21-18)24-3/h4-11H,1-3H3. The lowest BCUT2D eigenvalue weighted by Gasteiger charge is -2.09. The van der Waals surface area contributed by atoms with Crippen LogP contribution in [-0.2, 0) is 0 Å². The van der Waals surface area contributed by atoms with E-state index in [9.17, 15) is 0 Å². The average Bonchev–Trinajstić information content (AvgIpc) is 2.68. The molecular formula is C18H17N3O4. The lowest BCUT2D eigenvalue weighted by Crippen LogP contribution is -1.98. The van der Waals surface area contributed by atoms with Gasteiger partial charge >= 0.3 is 6.01 Å². The summed E-state index contributed by atoms with van der Waals surface area (Å²) in [5.41, 5.74) is 1.89. The van der Waals surface area contributed by atoms with E-state index in [-0.39, 0.29) is 6.01 Å². The number of hydrogen-bond acceptors (Lipinski definition) is 7. The van der Waals surface area contributed by atoms with Crippen LogP contribution in [0.5, 0.6) is 29.4 Å². The van der Waals surface area contributed by atoms with Gasteiger partial charge in [-0.25, -0.2) is 4.98 Å². The Bertz CT molecular complexity index is 831. The number of methoxy groups -OCH3 is 3. The van der Waals surface area contributed by atoms with Gasteiger partial charge < -0.3 is 18.9 Å². The van der Waals surface area contributed by atoms with Gasteiger partial charge in [0.1, 0.15) is 5.75 Å². The smallest absolute Gasteiger partial charge is 0.328 e. The minimum absolute atomic E-state index is 0.140. The molecule has 0 fully saturated rings. The Morgan fingerprint density at radius 2 is 1.44 bits per heavy atom. The van der Waals surface area contributed by atoms with Crippen LogP contribution in [0.3, 0.4) is 0 Å². The van der Waals surface area contributed by atoms with Crippen molar-refractivity contribution in [2.75, 3.05) is 21.3 Å². The number of ether oxygens (including phenoxy) is 4. The molecule has 7 heteroatoms. The Balaban J connectivity index is 1.86. The van der Waals surface area contributed by atoms with Gasteiger partial charge in [0.25, 0.3) is 0 Å². The summed E-state index contributed by atoms with van der Waals surface area (Å²) in [4.78, 5) is 12.5. The average molecular weight is 339 g/mol. The normalized spacial score (nSPS) is 10.2. The van der Waals surface area contributed by atoms with E-state index in [0.717, 1.165) is 11.1 Å². The number of rotatable bonds is 6. The molecule has 0 aliphatic rings. The minimum atomic E-state index is 0.140. The highest BCUT2D eigenvalue weighted by Crippen LogP contribution is 2.28. The molecule has 0 aliphatic heterocycles. The third-order valence-electron chi connectivity index (χ3n) is 3.40. The van der Waals surface area contributed by atoms with E-state index in [1.165, 1.54) is 14.2 Å². The Labute approximate surface area is 145 Å². The van der Waals surface area contributed by atoms with Crippen LogP contribution >= 0.6 is 0 Å². The zero-order valence-corrected chi connectivity index (χ0v) is 14.1. The van der Waals surface area contributed by atoms with Crippen molar-refractivity contribution in [1.82, 2.24) is 15.0 Å². The predicted octanol–water partition coefficient (Wildman–Crippen LogP) is 3.36. The quantitative estimate of drug-likeness (QED) is 0.681. The van der Waals surface area contributed by atoms with Crippen molar-refractivity contribution < 1.29 is 18.9 Å². The number of nitrogens with zero attached hydrogens (tertiary/aromatic N) is 3. The van der Waals surface area contributed by atoms with E-state index in [1.54, 1.807) is 25.4 Å². The fourth-order valence-corrected chi connectivity index (χ4v) is 2.15. The third-order valence-corrected chi connectivity index (χ3v) is 3.40. The number of pyridine rings is 1.